The fraction of sp³-hybridized carbons (Fsp3) is 0.941. The first kappa shape index (κ1) is 20.4. The molecule has 126 valence electrons. The van der Waals surface area contributed by atoms with Gasteiger partial charge in [-0.05, 0) is 32.4 Å². The largest absolute Gasteiger partial charge is 0.354 e. The van der Waals surface area contributed by atoms with Crippen molar-refractivity contribution in [3.05, 3.63) is 0 Å². The summed E-state index contributed by atoms with van der Waals surface area (Å²) in [4.78, 5) is 11.3. The molecule has 0 aromatic carbocycles. The van der Waals surface area contributed by atoms with Gasteiger partial charge in [-0.15, -0.1) is 0 Å². The van der Waals surface area contributed by atoms with Gasteiger partial charge in [0.25, 0.3) is 0 Å². The smallest absolute Gasteiger partial charge is 0.217 e. The topological polar surface area (TPSA) is 53.2 Å². The van der Waals surface area contributed by atoms with Crippen LogP contribution >= 0.6 is 0 Å². The van der Waals surface area contributed by atoms with E-state index in [1.165, 1.54) is 38.5 Å². The minimum Gasteiger partial charge on any atom is -0.354 e. The van der Waals surface area contributed by atoms with Crippen molar-refractivity contribution in [1.29, 1.82) is 0 Å². The van der Waals surface area contributed by atoms with Crippen molar-refractivity contribution in [2.75, 3.05) is 19.8 Å². The third-order valence-corrected chi connectivity index (χ3v) is 3.66. The Hall–Kier alpha value is -0.610. The Morgan fingerprint density at radius 1 is 0.857 bits per heavy atom. The molecule has 21 heavy (non-hydrogen) atoms. The van der Waals surface area contributed by atoms with Crippen LogP contribution in [0.2, 0.25) is 0 Å². The normalized spacial score (nSPS) is 12.3. The average molecular weight is 300 g/mol. The summed E-state index contributed by atoms with van der Waals surface area (Å²) in [6, 6.07) is 0.326. The predicted octanol–water partition coefficient (Wildman–Crippen LogP) is 3.18. The molecule has 1 atom stereocenters. The molecule has 1 amide bonds. The van der Waals surface area contributed by atoms with Gasteiger partial charge in [-0.1, -0.05) is 52.4 Å². The van der Waals surface area contributed by atoms with Crippen LogP contribution in [0.1, 0.15) is 78.6 Å². The van der Waals surface area contributed by atoms with E-state index in [2.05, 4.69) is 29.8 Å². The second-order valence-corrected chi connectivity index (χ2v) is 5.92. The van der Waals surface area contributed by atoms with Gasteiger partial charge in [0, 0.05) is 19.6 Å². The van der Waals surface area contributed by atoms with Gasteiger partial charge in [0.15, 0.2) is 0 Å². The maximum absolute atomic E-state index is 11.3. The van der Waals surface area contributed by atoms with Crippen LogP contribution in [0.25, 0.3) is 0 Å². The maximum atomic E-state index is 11.3. The molecule has 4 nitrogen and oxygen atoms in total. The maximum Gasteiger partial charge on any atom is 0.217 e. The molecule has 0 heterocycles. The predicted molar refractivity (Wildman–Crippen MR) is 91.4 cm³/mol. The van der Waals surface area contributed by atoms with Gasteiger partial charge in [-0.2, -0.15) is 0 Å². The zero-order chi connectivity index (χ0) is 15.8. The Bertz CT molecular complexity index is 218. The Kier molecular flexibility index (Phi) is 15.3. The molecule has 0 saturated carbocycles. The summed E-state index contributed by atoms with van der Waals surface area (Å²) in [5, 5.41) is 9.79. The molecular weight excluding hydrogens is 262 g/mol. The van der Waals surface area contributed by atoms with Gasteiger partial charge in [0.2, 0.25) is 5.91 Å². The van der Waals surface area contributed by atoms with E-state index in [1.807, 2.05) is 0 Å². The highest BCUT2D eigenvalue weighted by Gasteiger charge is 2.09. The SMILES string of the molecule is CCCCCCCCC(CCNCNCCC)NC(C)=O. The number of hydrogen-bond acceptors (Lipinski definition) is 3. The molecule has 0 aliphatic heterocycles. The van der Waals surface area contributed by atoms with Gasteiger partial charge < -0.3 is 16.0 Å². The molecule has 4 heteroatoms. The van der Waals surface area contributed by atoms with Crippen LogP contribution in [0.5, 0.6) is 0 Å². The van der Waals surface area contributed by atoms with Crippen LogP contribution in [0.4, 0.5) is 0 Å². The van der Waals surface area contributed by atoms with Crippen LogP contribution in [-0.4, -0.2) is 31.7 Å². The molecule has 0 aliphatic carbocycles. The number of amides is 1. The van der Waals surface area contributed by atoms with Crippen molar-refractivity contribution in [3.63, 3.8) is 0 Å². The first-order valence-corrected chi connectivity index (χ1v) is 8.89. The van der Waals surface area contributed by atoms with E-state index in [4.69, 9.17) is 0 Å². The van der Waals surface area contributed by atoms with E-state index in [1.54, 1.807) is 6.92 Å². The third-order valence-electron chi connectivity index (χ3n) is 3.66. The summed E-state index contributed by atoms with van der Waals surface area (Å²) in [6.07, 6.45) is 11.1. The van der Waals surface area contributed by atoms with Crippen molar-refractivity contribution in [2.45, 2.75) is 84.6 Å². The zero-order valence-electron chi connectivity index (χ0n) is 14.5. The number of carbonyl (C=O) groups excluding carboxylic acids is 1. The molecule has 0 spiro atoms. The van der Waals surface area contributed by atoms with Crippen LogP contribution in [0, 0.1) is 0 Å². The zero-order valence-corrected chi connectivity index (χ0v) is 14.5. The number of hydrogen-bond donors (Lipinski definition) is 3. The highest BCUT2D eigenvalue weighted by atomic mass is 16.1. The standard InChI is InChI=1S/C17H37N3O/c1-4-6-7-8-9-10-11-17(20-16(3)21)12-14-19-15-18-13-5-2/h17-19H,4-15H2,1-3H3,(H,20,21). The molecule has 0 aliphatic rings. The quantitative estimate of drug-likeness (QED) is 0.321. The number of unbranched alkanes of at least 4 members (excludes halogenated alkanes) is 5. The van der Waals surface area contributed by atoms with Gasteiger partial charge in [-0.3, -0.25) is 4.79 Å². The van der Waals surface area contributed by atoms with Gasteiger partial charge in [0.1, 0.15) is 0 Å². The van der Waals surface area contributed by atoms with Crippen molar-refractivity contribution in [1.82, 2.24) is 16.0 Å². The minimum atomic E-state index is 0.0927. The van der Waals surface area contributed by atoms with Gasteiger partial charge in [0.05, 0.1) is 0 Å². The lowest BCUT2D eigenvalue weighted by atomic mass is 10.0. The fourth-order valence-corrected chi connectivity index (χ4v) is 2.47. The molecular formula is C17H37N3O. The Balaban J connectivity index is 3.64. The minimum absolute atomic E-state index is 0.0927. The van der Waals surface area contributed by atoms with Crippen LogP contribution in [-0.2, 0) is 4.79 Å². The summed E-state index contributed by atoms with van der Waals surface area (Å²) in [7, 11) is 0. The second kappa shape index (κ2) is 15.8. The molecule has 0 bridgehead atoms. The van der Waals surface area contributed by atoms with Crippen molar-refractivity contribution in [3.8, 4) is 0 Å². The first-order chi connectivity index (χ1) is 10.2. The molecule has 1 unspecified atom stereocenters. The fourth-order valence-electron chi connectivity index (χ4n) is 2.47. The number of nitrogens with one attached hydrogen (secondary N) is 3. The summed E-state index contributed by atoms with van der Waals surface area (Å²) in [5.74, 6) is 0.0927. The van der Waals surface area contributed by atoms with Crippen LogP contribution < -0.4 is 16.0 Å². The Morgan fingerprint density at radius 3 is 2.19 bits per heavy atom. The summed E-state index contributed by atoms with van der Waals surface area (Å²) in [5.41, 5.74) is 0. The lowest BCUT2D eigenvalue weighted by molar-refractivity contribution is -0.119. The van der Waals surface area contributed by atoms with Crippen LogP contribution in [0.3, 0.4) is 0 Å². The van der Waals surface area contributed by atoms with Crippen molar-refractivity contribution >= 4 is 5.91 Å². The molecule has 0 radical (unpaired) electrons. The Labute approximate surface area is 131 Å². The lowest BCUT2D eigenvalue weighted by Crippen LogP contribution is -2.37. The second-order valence-electron chi connectivity index (χ2n) is 5.92. The van der Waals surface area contributed by atoms with Gasteiger partial charge >= 0.3 is 0 Å². The molecule has 0 fully saturated rings. The van der Waals surface area contributed by atoms with E-state index < -0.39 is 0 Å². The molecule has 3 N–H and O–H groups in total. The lowest BCUT2D eigenvalue weighted by Gasteiger charge is -2.18. The van der Waals surface area contributed by atoms with Crippen molar-refractivity contribution < 1.29 is 4.79 Å². The van der Waals surface area contributed by atoms with Crippen LogP contribution in [0.15, 0.2) is 0 Å². The van der Waals surface area contributed by atoms with E-state index in [0.29, 0.717) is 6.04 Å². The first-order valence-electron chi connectivity index (χ1n) is 8.89. The van der Waals surface area contributed by atoms with Gasteiger partial charge in [-0.25, -0.2) is 0 Å². The molecule has 0 aromatic heterocycles. The summed E-state index contributed by atoms with van der Waals surface area (Å²) in [6.45, 7) is 8.90. The third kappa shape index (κ3) is 15.6. The highest BCUT2D eigenvalue weighted by molar-refractivity contribution is 5.73. The monoisotopic (exact) mass is 299 g/mol. The van der Waals surface area contributed by atoms with E-state index in [-0.39, 0.29) is 5.91 Å². The number of carbonyl (C=O) groups is 1. The molecule has 0 aromatic rings. The van der Waals surface area contributed by atoms with E-state index in [0.717, 1.165) is 39.0 Å². The molecule has 0 saturated heterocycles. The number of rotatable bonds is 15. The van der Waals surface area contributed by atoms with E-state index >= 15 is 0 Å². The summed E-state index contributed by atoms with van der Waals surface area (Å²) < 4.78 is 0. The highest BCUT2D eigenvalue weighted by Crippen LogP contribution is 2.10. The summed E-state index contributed by atoms with van der Waals surface area (Å²) >= 11 is 0. The average Bonchev–Trinajstić information content (AvgIpc) is 2.45. The Morgan fingerprint density at radius 2 is 1.52 bits per heavy atom. The van der Waals surface area contributed by atoms with Crippen molar-refractivity contribution in [2.24, 2.45) is 0 Å². The molecule has 0 rings (SSSR count). The van der Waals surface area contributed by atoms with E-state index in [9.17, 15) is 4.79 Å².